The zero-order chi connectivity index (χ0) is 14.7. The van der Waals surface area contributed by atoms with Crippen molar-refractivity contribution in [3.63, 3.8) is 0 Å². The van der Waals surface area contributed by atoms with Gasteiger partial charge in [0.25, 0.3) is 0 Å². The summed E-state index contributed by atoms with van der Waals surface area (Å²) in [4.78, 5) is 0. The third-order valence-corrected chi connectivity index (χ3v) is 4.50. The molecule has 1 N–H and O–H groups in total. The molecule has 1 saturated carbocycles. The smallest absolute Gasteiger partial charge is 0.112 e. The maximum atomic E-state index is 10.7. The molecule has 0 radical (unpaired) electrons. The molecule has 2 atom stereocenters. The van der Waals surface area contributed by atoms with Crippen molar-refractivity contribution in [1.82, 2.24) is 0 Å². The molecule has 0 saturated heterocycles. The highest BCUT2D eigenvalue weighted by Crippen LogP contribution is 2.38. The normalized spacial score (nSPS) is 18.0. The van der Waals surface area contributed by atoms with Crippen LogP contribution in [0.2, 0.25) is 0 Å². The summed E-state index contributed by atoms with van der Waals surface area (Å²) in [7, 11) is 1.65. The molecule has 1 aliphatic rings. The van der Waals surface area contributed by atoms with E-state index in [1.165, 1.54) is 24.8 Å². The van der Waals surface area contributed by atoms with Gasteiger partial charge in [0.2, 0.25) is 0 Å². The predicted molar refractivity (Wildman–Crippen MR) is 84.2 cm³/mol. The van der Waals surface area contributed by atoms with Gasteiger partial charge in [-0.3, -0.25) is 0 Å². The quantitative estimate of drug-likeness (QED) is 0.882. The van der Waals surface area contributed by atoms with Gasteiger partial charge in [-0.25, -0.2) is 0 Å². The Morgan fingerprint density at radius 3 is 2.33 bits per heavy atom. The van der Waals surface area contributed by atoms with Gasteiger partial charge in [0, 0.05) is 7.11 Å². The van der Waals surface area contributed by atoms with Crippen molar-refractivity contribution in [1.29, 1.82) is 0 Å². The van der Waals surface area contributed by atoms with E-state index in [-0.39, 0.29) is 6.10 Å². The highest BCUT2D eigenvalue weighted by atomic mass is 16.5. The molecule has 110 valence electrons. The monoisotopic (exact) mass is 282 g/mol. The van der Waals surface area contributed by atoms with E-state index in [2.05, 4.69) is 12.1 Å². The molecular formula is C19H22O2. The van der Waals surface area contributed by atoms with E-state index in [1.807, 2.05) is 42.5 Å². The summed E-state index contributed by atoms with van der Waals surface area (Å²) in [6.07, 6.45) is 2.89. The summed E-state index contributed by atoms with van der Waals surface area (Å²) in [5, 5.41) is 10.7. The third kappa shape index (κ3) is 3.02. The number of hydrogen-bond acceptors (Lipinski definition) is 2. The van der Waals surface area contributed by atoms with Gasteiger partial charge in [-0.2, -0.15) is 0 Å². The lowest BCUT2D eigenvalue weighted by Gasteiger charge is -2.27. The average molecular weight is 282 g/mol. The topological polar surface area (TPSA) is 29.5 Å². The maximum Gasteiger partial charge on any atom is 0.112 e. The first kappa shape index (κ1) is 14.3. The van der Waals surface area contributed by atoms with Gasteiger partial charge in [-0.15, -0.1) is 0 Å². The Bertz CT molecular complexity index is 575. The zero-order valence-electron chi connectivity index (χ0n) is 12.4. The van der Waals surface area contributed by atoms with E-state index in [0.29, 0.717) is 5.92 Å². The maximum absolute atomic E-state index is 10.7. The van der Waals surface area contributed by atoms with Crippen molar-refractivity contribution in [2.24, 2.45) is 0 Å². The number of aliphatic hydroxyl groups excluding tert-OH is 1. The van der Waals surface area contributed by atoms with Crippen LogP contribution in [0.1, 0.15) is 54.1 Å². The molecule has 2 unspecified atom stereocenters. The first-order chi connectivity index (χ1) is 10.3. The van der Waals surface area contributed by atoms with Crippen LogP contribution in [0.15, 0.2) is 54.6 Å². The number of ether oxygens (including phenoxy) is 1. The molecule has 0 aromatic heterocycles. The van der Waals surface area contributed by atoms with Crippen molar-refractivity contribution in [3.05, 3.63) is 71.3 Å². The second-order valence-corrected chi connectivity index (χ2v) is 5.81. The van der Waals surface area contributed by atoms with Crippen molar-refractivity contribution in [2.45, 2.75) is 37.4 Å². The Morgan fingerprint density at radius 2 is 1.71 bits per heavy atom. The minimum atomic E-state index is -0.641. The molecule has 2 heteroatoms. The molecule has 0 spiro atoms. The van der Waals surface area contributed by atoms with Crippen LogP contribution in [0, 0.1) is 0 Å². The Morgan fingerprint density at radius 1 is 1.00 bits per heavy atom. The Balaban J connectivity index is 1.84. The summed E-state index contributed by atoms with van der Waals surface area (Å²) < 4.78 is 5.54. The van der Waals surface area contributed by atoms with Gasteiger partial charge in [0.1, 0.15) is 12.2 Å². The van der Waals surface area contributed by atoms with Crippen LogP contribution in [-0.4, -0.2) is 12.2 Å². The minimum absolute atomic E-state index is 0.331. The SMILES string of the molecule is COC(c1ccccc1)C(O)c1cccc(C2CCC2)c1. The van der Waals surface area contributed by atoms with Gasteiger partial charge < -0.3 is 9.84 Å². The molecule has 2 nitrogen and oxygen atoms in total. The fourth-order valence-corrected chi connectivity index (χ4v) is 3.00. The lowest BCUT2D eigenvalue weighted by atomic mass is 9.79. The molecule has 1 fully saturated rings. The van der Waals surface area contributed by atoms with Gasteiger partial charge in [0.05, 0.1) is 0 Å². The van der Waals surface area contributed by atoms with Crippen LogP contribution in [0.3, 0.4) is 0 Å². The van der Waals surface area contributed by atoms with E-state index >= 15 is 0 Å². The van der Waals surface area contributed by atoms with Crippen molar-refractivity contribution in [3.8, 4) is 0 Å². The number of rotatable bonds is 5. The number of hydrogen-bond donors (Lipinski definition) is 1. The van der Waals surface area contributed by atoms with E-state index in [4.69, 9.17) is 4.74 Å². The molecule has 0 aliphatic heterocycles. The average Bonchev–Trinajstić information content (AvgIpc) is 2.47. The molecule has 0 bridgehead atoms. The van der Waals surface area contributed by atoms with Crippen LogP contribution in [0.4, 0.5) is 0 Å². The van der Waals surface area contributed by atoms with Crippen LogP contribution in [0.25, 0.3) is 0 Å². The molecule has 2 aromatic carbocycles. The van der Waals surface area contributed by atoms with Gasteiger partial charge in [0.15, 0.2) is 0 Å². The van der Waals surface area contributed by atoms with Crippen LogP contribution >= 0.6 is 0 Å². The van der Waals surface area contributed by atoms with E-state index in [1.54, 1.807) is 7.11 Å². The highest BCUT2D eigenvalue weighted by Gasteiger charge is 2.24. The Labute approximate surface area is 126 Å². The largest absolute Gasteiger partial charge is 0.385 e. The Hall–Kier alpha value is -1.64. The molecular weight excluding hydrogens is 260 g/mol. The summed E-state index contributed by atoms with van der Waals surface area (Å²) in [6, 6.07) is 18.2. The molecule has 1 aliphatic carbocycles. The summed E-state index contributed by atoms with van der Waals surface area (Å²) >= 11 is 0. The first-order valence-electron chi connectivity index (χ1n) is 7.65. The summed E-state index contributed by atoms with van der Waals surface area (Å²) in [5.41, 5.74) is 3.29. The first-order valence-corrected chi connectivity index (χ1v) is 7.65. The van der Waals surface area contributed by atoms with Crippen molar-refractivity contribution in [2.75, 3.05) is 7.11 Å². The zero-order valence-corrected chi connectivity index (χ0v) is 12.4. The minimum Gasteiger partial charge on any atom is -0.385 e. The number of methoxy groups -OCH3 is 1. The van der Waals surface area contributed by atoms with E-state index in [9.17, 15) is 5.11 Å². The fraction of sp³-hybridized carbons (Fsp3) is 0.368. The number of aliphatic hydroxyl groups is 1. The van der Waals surface area contributed by atoms with Gasteiger partial charge in [-0.05, 0) is 35.4 Å². The van der Waals surface area contributed by atoms with Gasteiger partial charge in [-0.1, -0.05) is 61.0 Å². The second kappa shape index (κ2) is 6.42. The molecule has 2 aromatic rings. The Kier molecular flexibility index (Phi) is 4.37. The van der Waals surface area contributed by atoms with Crippen molar-refractivity contribution < 1.29 is 9.84 Å². The van der Waals surface area contributed by atoms with Crippen LogP contribution < -0.4 is 0 Å². The molecule has 21 heavy (non-hydrogen) atoms. The third-order valence-electron chi connectivity index (χ3n) is 4.50. The van der Waals surface area contributed by atoms with E-state index < -0.39 is 6.10 Å². The lowest BCUT2D eigenvalue weighted by molar-refractivity contribution is -0.0149. The summed E-state index contributed by atoms with van der Waals surface area (Å²) in [6.45, 7) is 0. The standard InChI is InChI=1S/C19H22O2/c1-21-19(15-7-3-2-4-8-15)18(20)17-12-6-11-16(13-17)14-9-5-10-14/h2-4,6-8,11-14,18-20H,5,9-10H2,1H3. The molecule has 3 rings (SSSR count). The molecule has 0 amide bonds. The van der Waals surface area contributed by atoms with Crippen LogP contribution in [-0.2, 0) is 4.74 Å². The van der Waals surface area contributed by atoms with E-state index in [0.717, 1.165) is 11.1 Å². The molecule has 0 heterocycles. The summed E-state index contributed by atoms with van der Waals surface area (Å²) in [5.74, 6) is 0.676. The lowest BCUT2D eigenvalue weighted by Crippen LogP contribution is -2.14. The highest BCUT2D eigenvalue weighted by molar-refractivity contribution is 5.31. The second-order valence-electron chi connectivity index (χ2n) is 5.81. The van der Waals surface area contributed by atoms with Crippen molar-refractivity contribution >= 4 is 0 Å². The number of benzene rings is 2. The predicted octanol–water partition coefficient (Wildman–Crippen LogP) is 4.38. The van der Waals surface area contributed by atoms with Gasteiger partial charge >= 0.3 is 0 Å². The van der Waals surface area contributed by atoms with Crippen LogP contribution in [0.5, 0.6) is 0 Å². The fourth-order valence-electron chi connectivity index (χ4n) is 3.00.